The monoisotopic (exact) mass is 249 g/mol. The molecule has 0 aliphatic heterocycles. The van der Waals surface area contributed by atoms with E-state index in [2.05, 4.69) is 47.6 Å². The number of hydrogen-bond donors (Lipinski definition) is 0. The molecular weight excluding hydrogens is 234 g/mol. The molecule has 0 bridgehead atoms. The fourth-order valence-corrected chi connectivity index (χ4v) is 2.95. The molecule has 2 nitrogen and oxygen atoms in total. The Kier molecular flexibility index (Phi) is 2.41. The summed E-state index contributed by atoms with van der Waals surface area (Å²) >= 11 is 0. The predicted molar refractivity (Wildman–Crippen MR) is 76.1 cm³/mol. The van der Waals surface area contributed by atoms with E-state index in [-0.39, 0.29) is 0 Å². The molecule has 2 aromatic carbocycles. The van der Waals surface area contributed by atoms with Gasteiger partial charge in [0.1, 0.15) is 0 Å². The van der Waals surface area contributed by atoms with Crippen molar-refractivity contribution in [2.75, 3.05) is 0 Å². The van der Waals surface area contributed by atoms with Crippen molar-refractivity contribution in [3.63, 3.8) is 0 Å². The molecule has 0 unspecified atom stereocenters. The average Bonchev–Trinajstić information content (AvgIpc) is 2.91. The van der Waals surface area contributed by atoms with E-state index in [0.717, 1.165) is 29.9 Å². The van der Waals surface area contributed by atoms with Crippen LogP contribution >= 0.6 is 0 Å². The molecule has 1 aliphatic carbocycles. The van der Waals surface area contributed by atoms with Gasteiger partial charge >= 0.3 is 0 Å². The third kappa shape index (κ3) is 1.75. The molecule has 4 rings (SSSR count). The normalized spacial score (nSPS) is 14.5. The van der Waals surface area contributed by atoms with Gasteiger partial charge in [-0.1, -0.05) is 41.6 Å². The fourth-order valence-electron chi connectivity index (χ4n) is 2.95. The quantitative estimate of drug-likeness (QED) is 0.640. The number of fused-ring (bicyclic) bond motifs is 2. The second-order valence-electron chi connectivity index (χ2n) is 5.21. The van der Waals surface area contributed by atoms with Crippen LogP contribution in [0.3, 0.4) is 0 Å². The van der Waals surface area contributed by atoms with Crippen LogP contribution in [0.2, 0.25) is 0 Å². The number of rotatable bonds is 1. The Morgan fingerprint density at radius 3 is 2.68 bits per heavy atom. The summed E-state index contributed by atoms with van der Waals surface area (Å²) < 4.78 is 5.60. The second kappa shape index (κ2) is 4.23. The molecule has 0 saturated heterocycles. The summed E-state index contributed by atoms with van der Waals surface area (Å²) in [7, 11) is 0. The van der Waals surface area contributed by atoms with E-state index < -0.39 is 0 Å². The number of nitrogens with zero attached hydrogens (tertiary/aromatic N) is 1. The van der Waals surface area contributed by atoms with Gasteiger partial charge in [-0.2, -0.15) is 0 Å². The Balaban J connectivity index is 1.88. The van der Waals surface area contributed by atoms with E-state index in [1.165, 1.54) is 29.2 Å². The Morgan fingerprint density at radius 2 is 1.74 bits per heavy atom. The van der Waals surface area contributed by atoms with Gasteiger partial charge in [-0.05, 0) is 42.5 Å². The molecule has 1 heterocycles. The van der Waals surface area contributed by atoms with Gasteiger partial charge in [0.05, 0.1) is 5.69 Å². The average molecular weight is 249 g/mol. The molecule has 3 aromatic rings. The van der Waals surface area contributed by atoms with Gasteiger partial charge in [0.15, 0.2) is 5.76 Å². The van der Waals surface area contributed by atoms with Gasteiger partial charge in [0.25, 0.3) is 0 Å². The number of aromatic nitrogens is 1. The maximum atomic E-state index is 5.60. The van der Waals surface area contributed by atoms with Gasteiger partial charge in [-0.3, -0.25) is 0 Å². The molecule has 0 N–H and O–H groups in total. The summed E-state index contributed by atoms with van der Waals surface area (Å²) in [4.78, 5) is 0. The van der Waals surface area contributed by atoms with Crippen molar-refractivity contribution in [1.82, 2.24) is 5.16 Å². The van der Waals surface area contributed by atoms with Gasteiger partial charge in [-0.15, -0.1) is 0 Å². The topological polar surface area (TPSA) is 26.0 Å². The van der Waals surface area contributed by atoms with E-state index in [4.69, 9.17) is 4.52 Å². The molecule has 0 spiro atoms. The van der Waals surface area contributed by atoms with Crippen molar-refractivity contribution in [2.24, 2.45) is 0 Å². The first-order valence-corrected chi connectivity index (χ1v) is 6.88. The number of hydrogen-bond acceptors (Lipinski definition) is 2. The van der Waals surface area contributed by atoms with E-state index >= 15 is 0 Å². The highest BCUT2D eigenvalue weighted by Crippen LogP contribution is 2.32. The van der Waals surface area contributed by atoms with Crippen LogP contribution in [0.15, 0.2) is 47.0 Å². The first-order chi connectivity index (χ1) is 9.42. The smallest absolute Gasteiger partial charge is 0.170 e. The van der Waals surface area contributed by atoms with Gasteiger partial charge in [0, 0.05) is 11.1 Å². The molecule has 0 saturated carbocycles. The van der Waals surface area contributed by atoms with Crippen molar-refractivity contribution in [2.45, 2.75) is 25.7 Å². The zero-order valence-corrected chi connectivity index (χ0v) is 10.7. The van der Waals surface area contributed by atoms with Crippen molar-refractivity contribution >= 4 is 10.8 Å². The highest BCUT2D eigenvalue weighted by Gasteiger charge is 2.20. The molecule has 2 heteroatoms. The highest BCUT2D eigenvalue weighted by atomic mass is 16.5. The van der Waals surface area contributed by atoms with Crippen LogP contribution in [0.1, 0.15) is 24.1 Å². The molecule has 1 aromatic heterocycles. The molecule has 0 amide bonds. The first-order valence-electron chi connectivity index (χ1n) is 6.88. The summed E-state index contributed by atoms with van der Waals surface area (Å²) in [6.07, 6.45) is 4.64. The molecule has 0 fully saturated rings. The lowest BCUT2D eigenvalue weighted by atomic mass is 9.93. The minimum absolute atomic E-state index is 0.973. The van der Waals surface area contributed by atoms with Crippen LogP contribution in [-0.2, 0) is 12.8 Å². The highest BCUT2D eigenvalue weighted by molar-refractivity contribution is 5.86. The minimum atomic E-state index is 0.973. The zero-order chi connectivity index (χ0) is 12.7. The van der Waals surface area contributed by atoms with Crippen LogP contribution in [0.25, 0.3) is 22.1 Å². The Bertz CT molecular complexity index is 742. The summed E-state index contributed by atoms with van der Waals surface area (Å²) in [5, 5.41) is 6.75. The van der Waals surface area contributed by atoms with Gasteiger partial charge < -0.3 is 4.52 Å². The molecular formula is C17H15NO. The predicted octanol–water partition coefficient (Wildman–Crippen LogP) is 4.37. The maximum absolute atomic E-state index is 5.60. The molecule has 0 radical (unpaired) electrons. The molecule has 19 heavy (non-hydrogen) atoms. The molecule has 1 aliphatic rings. The third-order valence-corrected chi connectivity index (χ3v) is 3.97. The van der Waals surface area contributed by atoms with Crippen molar-refractivity contribution in [3.8, 4) is 11.3 Å². The third-order valence-electron chi connectivity index (χ3n) is 3.97. The van der Waals surface area contributed by atoms with Crippen LogP contribution in [0, 0.1) is 0 Å². The Morgan fingerprint density at radius 1 is 0.895 bits per heavy atom. The van der Waals surface area contributed by atoms with Crippen LogP contribution in [0.5, 0.6) is 0 Å². The lowest BCUT2D eigenvalue weighted by Crippen LogP contribution is -2.01. The van der Waals surface area contributed by atoms with Crippen molar-refractivity contribution in [3.05, 3.63) is 53.7 Å². The van der Waals surface area contributed by atoms with Crippen LogP contribution in [-0.4, -0.2) is 5.16 Å². The van der Waals surface area contributed by atoms with Crippen LogP contribution in [0.4, 0.5) is 0 Å². The van der Waals surface area contributed by atoms with E-state index in [0.29, 0.717) is 0 Å². The largest absolute Gasteiger partial charge is 0.356 e. The summed E-state index contributed by atoms with van der Waals surface area (Å²) in [5.41, 5.74) is 3.63. The van der Waals surface area contributed by atoms with Crippen molar-refractivity contribution < 1.29 is 4.52 Å². The summed E-state index contributed by atoms with van der Waals surface area (Å²) in [5.74, 6) is 0.973. The Hall–Kier alpha value is -2.09. The number of aryl methyl sites for hydroxylation is 1. The zero-order valence-electron chi connectivity index (χ0n) is 10.7. The number of benzene rings is 2. The second-order valence-corrected chi connectivity index (χ2v) is 5.21. The summed E-state index contributed by atoms with van der Waals surface area (Å²) in [6.45, 7) is 0. The standard InChI is InChI=1S/C17H15NO/c1-2-6-13-11-14(10-9-12(13)5-1)17-15-7-3-4-8-16(15)18-19-17/h1-2,5-6,9-11H,3-4,7-8H2. The lowest BCUT2D eigenvalue weighted by Gasteiger charge is -2.09. The van der Waals surface area contributed by atoms with E-state index in [9.17, 15) is 0 Å². The van der Waals surface area contributed by atoms with Crippen LogP contribution < -0.4 is 0 Å². The van der Waals surface area contributed by atoms with Gasteiger partial charge in [0.2, 0.25) is 0 Å². The molecule has 0 atom stereocenters. The van der Waals surface area contributed by atoms with Gasteiger partial charge in [-0.25, -0.2) is 0 Å². The molecule has 94 valence electrons. The van der Waals surface area contributed by atoms with Crippen molar-refractivity contribution in [1.29, 1.82) is 0 Å². The SMILES string of the molecule is c1ccc2cc(-c3onc4c3CCCC4)ccc2c1. The van der Waals surface area contributed by atoms with E-state index in [1.807, 2.05) is 0 Å². The van der Waals surface area contributed by atoms with E-state index in [1.54, 1.807) is 0 Å². The Labute approximate surface area is 112 Å². The minimum Gasteiger partial charge on any atom is -0.356 e. The maximum Gasteiger partial charge on any atom is 0.170 e. The first kappa shape index (κ1) is 10.8. The summed E-state index contributed by atoms with van der Waals surface area (Å²) in [6, 6.07) is 14.9. The lowest BCUT2D eigenvalue weighted by molar-refractivity contribution is 0.423. The fraction of sp³-hybridized carbons (Fsp3) is 0.235.